The minimum Gasteiger partial charge on any atom is -0.481 e. The van der Waals surface area contributed by atoms with E-state index in [9.17, 15) is 9.90 Å². The Morgan fingerprint density at radius 3 is 2.19 bits per heavy atom. The lowest BCUT2D eigenvalue weighted by Gasteiger charge is -2.23. The number of aryl methyl sites for hydroxylation is 1. The first-order chi connectivity index (χ1) is 12.6. The lowest BCUT2D eigenvalue weighted by Crippen LogP contribution is -2.33. The first-order valence-electron chi connectivity index (χ1n) is 10.6. The van der Waals surface area contributed by atoms with Crippen molar-refractivity contribution in [2.24, 2.45) is 5.41 Å². The van der Waals surface area contributed by atoms with E-state index in [0.717, 1.165) is 25.9 Å². The third kappa shape index (κ3) is 6.12. The summed E-state index contributed by atoms with van der Waals surface area (Å²) in [5.74, 6) is -0.632. The summed E-state index contributed by atoms with van der Waals surface area (Å²) in [6, 6.07) is 8.96. The number of carbonyl (C=O) groups is 1. The van der Waals surface area contributed by atoms with Gasteiger partial charge in [-0.2, -0.15) is 0 Å². The molecule has 0 saturated carbocycles. The molecule has 26 heavy (non-hydrogen) atoms. The molecular formula is C23H37NO2. The molecule has 0 aliphatic carbocycles. The molecule has 1 heterocycles. The molecule has 1 aliphatic rings. The number of hydrogen-bond donors (Lipinski definition) is 1. The zero-order valence-corrected chi connectivity index (χ0v) is 16.8. The van der Waals surface area contributed by atoms with Crippen molar-refractivity contribution in [2.45, 2.75) is 84.6 Å². The van der Waals surface area contributed by atoms with Crippen LogP contribution < -0.4 is 0 Å². The number of benzene rings is 1. The van der Waals surface area contributed by atoms with Crippen LogP contribution in [0.1, 0.15) is 82.8 Å². The maximum absolute atomic E-state index is 11.6. The molecule has 1 aliphatic heterocycles. The van der Waals surface area contributed by atoms with Gasteiger partial charge in [0.15, 0.2) is 0 Å². The number of rotatable bonds is 12. The van der Waals surface area contributed by atoms with Crippen molar-refractivity contribution in [1.82, 2.24) is 4.90 Å². The van der Waals surface area contributed by atoms with Crippen LogP contribution >= 0.6 is 0 Å². The molecule has 0 bridgehead atoms. The Kier molecular flexibility index (Phi) is 8.64. The summed E-state index contributed by atoms with van der Waals surface area (Å²) in [4.78, 5) is 13.9. The van der Waals surface area contributed by atoms with E-state index in [1.54, 1.807) is 0 Å². The molecule has 3 heteroatoms. The number of carboxylic acids is 1. The average molecular weight is 360 g/mol. The fourth-order valence-corrected chi connectivity index (χ4v) is 4.06. The van der Waals surface area contributed by atoms with Crippen molar-refractivity contribution >= 4 is 5.97 Å². The van der Waals surface area contributed by atoms with E-state index in [1.165, 1.54) is 62.5 Å². The predicted octanol–water partition coefficient (Wildman–Crippen LogP) is 5.67. The van der Waals surface area contributed by atoms with Gasteiger partial charge in [0, 0.05) is 13.1 Å². The molecule has 1 unspecified atom stereocenters. The van der Waals surface area contributed by atoms with Gasteiger partial charge in [-0.15, -0.1) is 0 Å². The van der Waals surface area contributed by atoms with E-state index in [0.29, 0.717) is 6.54 Å². The van der Waals surface area contributed by atoms with Crippen LogP contribution in [0.4, 0.5) is 0 Å². The van der Waals surface area contributed by atoms with Crippen LogP contribution in [0.5, 0.6) is 0 Å². The zero-order chi connectivity index (χ0) is 18.8. The molecule has 1 aromatic rings. The van der Waals surface area contributed by atoms with Crippen molar-refractivity contribution in [3.05, 3.63) is 35.4 Å². The average Bonchev–Trinajstić information content (AvgIpc) is 3.07. The van der Waals surface area contributed by atoms with E-state index in [2.05, 4.69) is 36.1 Å². The standard InChI is InChI=1S/C23H37NO2/c1-3-5-6-7-8-9-10-11-20-12-14-21(15-13-20)18-24-17-16-23(4-2,19-24)22(25)26/h12-15H,3-11,16-19H2,1-2H3,(H,25,26). The maximum Gasteiger partial charge on any atom is 0.310 e. The third-order valence-electron chi connectivity index (χ3n) is 6.06. The number of hydrogen-bond acceptors (Lipinski definition) is 2. The summed E-state index contributed by atoms with van der Waals surface area (Å²) in [5, 5.41) is 9.52. The highest BCUT2D eigenvalue weighted by Crippen LogP contribution is 2.34. The van der Waals surface area contributed by atoms with E-state index in [4.69, 9.17) is 0 Å². The van der Waals surface area contributed by atoms with Crippen LogP contribution in [0.3, 0.4) is 0 Å². The highest BCUT2D eigenvalue weighted by atomic mass is 16.4. The summed E-state index contributed by atoms with van der Waals surface area (Å²) in [6.45, 7) is 6.70. The second kappa shape index (κ2) is 10.7. The Hall–Kier alpha value is -1.35. The van der Waals surface area contributed by atoms with Gasteiger partial charge in [0.25, 0.3) is 0 Å². The Bertz CT molecular complexity index is 540. The molecule has 1 N–H and O–H groups in total. The molecule has 146 valence electrons. The Morgan fingerprint density at radius 1 is 1.00 bits per heavy atom. The highest BCUT2D eigenvalue weighted by Gasteiger charge is 2.42. The molecule has 1 saturated heterocycles. The summed E-state index contributed by atoms with van der Waals surface area (Å²) in [5.41, 5.74) is 2.19. The number of unbranched alkanes of at least 4 members (excludes halogenated alkanes) is 6. The third-order valence-corrected chi connectivity index (χ3v) is 6.06. The van der Waals surface area contributed by atoms with Crippen LogP contribution in [0.25, 0.3) is 0 Å². The van der Waals surface area contributed by atoms with Crippen molar-refractivity contribution < 1.29 is 9.90 Å². The van der Waals surface area contributed by atoms with E-state index in [1.807, 2.05) is 6.92 Å². The van der Waals surface area contributed by atoms with Crippen LogP contribution in [-0.2, 0) is 17.8 Å². The molecular weight excluding hydrogens is 322 g/mol. The van der Waals surface area contributed by atoms with Gasteiger partial charge in [-0.3, -0.25) is 9.69 Å². The number of likely N-dealkylation sites (tertiary alicyclic amines) is 1. The van der Waals surface area contributed by atoms with Gasteiger partial charge in [0.2, 0.25) is 0 Å². The fourth-order valence-electron chi connectivity index (χ4n) is 4.06. The number of nitrogens with zero attached hydrogens (tertiary/aromatic N) is 1. The molecule has 0 aromatic heterocycles. The Labute approximate surface area is 159 Å². The highest BCUT2D eigenvalue weighted by molar-refractivity contribution is 5.75. The van der Waals surface area contributed by atoms with Crippen molar-refractivity contribution in [3.8, 4) is 0 Å². The molecule has 1 atom stereocenters. The minimum absolute atomic E-state index is 0.531. The summed E-state index contributed by atoms with van der Waals surface area (Å²) in [6.07, 6.45) is 12.1. The largest absolute Gasteiger partial charge is 0.481 e. The van der Waals surface area contributed by atoms with Gasteiger partial charge < -0.3 is 5.11 Å². The van der Waals surface area contributed by atoms with Crippen LogP contribution in [0.2, 0.25) is 0 Å². The Balaban J connectivity index is 1.70. The van der Waals surface area contributed by atoms with Crippen LogP contribution in [0, 0.1) is 5.41 Å². The zero-order valence-electron chi connectivity index (χ0n) is 16.8. The molecule has 1 aromatic carbocycles. The van der Waals surface area contributed by atoms with Gasteiger partial charge in [0.05, 0.1) is 5.41 Å². The van der Waals surface area contributed by atoms with Crippen LogP contribution in [0.15, 0.2) is 24.3 Å². The summed E-state index contributed by atoms with van der Waals surface area (Å²) in [7, 11) is 0. The topological polar surface area (TPSA) is 40.5 Å². The van der Waals surface area contributed by atoms with E-state index < -0.39 is 11.4 Å². The smallest absolute Gasteiger partial charge is 0.310 e. The first kappa shape index (κ1) is 21.0. The summed E-state index contributed by atoms with van der Waals surface area (Å²) >= 11 is 0. The predicted molar refractivity (Wildman–Crippen MR) is 108 cm³/mol. The number of carboxylic acid groups (broad SMARTS) is 1. The van der Waals surface area contributed by atoms with Gasteiger partial charge >= 0.3 is 5.97 Å². The molecule has 0 radical (unpaired) electrons. The lowest BCUT2D eigenvalue weighted by molar-refractivity contribution is -0.148. The summed E-state index contributed by atoms with van der Waals surface area (Å²) < 4.78 is 0. The molecule has 2 rings (SSSR count). The molecule has 0 spiro atoms. The molecule has 0 amide bonds. The SMILES string of the molecule is CCCCCCCCCc1ccc(CN2CCC(CC)(C(=O)O)C2)cc1. The van der Waals surface area contributed by atoms with E-state index >= 15 is 0 Å². The van der Waals surface area contributed by atoms with E-state index in [-0.39, 0.29) is 0 Å². The Morgan fingerprint density at radius 2 is 1.62 bits per heavy atom. The molecule has 3 nitrogen and oxygen atoms in total. The van der Waals surface area contributed by atoms with Crippen molar-refractivity contribution in [1.29, 1.82) is 0 Å². The molecule has 1 fully saturated rings. The van der Waals surface area contributed by atoms with Crippen molar-refractivity contribution in [2.75, 3.05) is 13.1 Å². The van der Waals surface area contributed by atoms with Gasteiger partial charge in [-0.05, 0) is 43.4 Å². The number of aliphatic carboxylic acids is 1. The lowest BCUT2D eigenvalue weighted by atomic mass is 9.84. The van der Waals surface area contributed by atoms with Gasteiger partial charge in [-0.1, -0.05) is 76.6 Å². The van der Waals surface area contributed by atoms with Gasteiger partial charge in [-0.25, -0.2) is 0 Å². The van der Waals surface area contributed by atoms with Crippen molar-refractivity contribution in [3.63, 3.8) is 0 Å². The second-order valence-corrected chi connectivity index (χ2v) is 8.09. The van der Waals surface area contributed by atoms with Crippen LogP contribution in [-0.4, -0.2) is 29.1 Å². The maximum atomic E-state index is 11.6. The second-order valence-electron chi connectivity index (χ2n) is 8.09. The van der Waals surface area contributed by atoms with Gasteiger partial charge in [0.1, 0.15) is 0 Å². The monoisotopic (exact) mass is 359 g/mol. The normalized spacial score (nSPS) is 20.5. The first-order valence-corrected chi connectivity index (χ1v) is 10.6. The fraction of sp³-hybridized carbons (Fsp3) is 0.696. The minimum atomic E-state index is -0.632. The quantitative estimate of drug-likeness (QED) is 0.489.